The molecule has 3 heteroatoms. The number of rotatable bonds is 4. The summed E-state index contributed by atoms with van der Waals surface area (Å²) < 4.78 is 4.74. The lowest BCUT2D eigenvalue weighted by atomic mass is 9.94. The average Bonchev–Trinajstić information content (AvgIpc) is 2.30. The molecule has 1 rings (SSSR count). The molecule has 0 saturated carbocycles. The van der Waals surface area contributed by atoms with E-state index in [1.165, 1.54) is 12.7 Å². The minimum Gasteiger partial charge on any atom is -0.469 e. The molecule has 2 N–H and O–H groups in total. The van der Waals surface area contributed by atoms with Gasteiger partial charge < -0.3 is 10.5 Å². The summed E-state index contributed by atoms with van der Waals surface area (Å²) >= 11 is 0. The molecular formula is C13H19NO2. The molecule has 0 spiro atoms. The normalized spacial score (nSPS) is 12.6. The van der Waals surface area contributed by atoms with Gasteiger partial charge in [-0.25, -0.2) is 0 Å². The van der Waals surface area contributed by atoms with Gasteiger partial charge in [0.1, 0.15) is 0 Å². The highest BCUT2D eigenvalue weighted by molar-refractivity contribution is 5.78. The minimum absolute atomic E-state index is 0.272. The second-order valence-electron chi connectivity index (χ2n) is 4.14. The van der Waals surface area contributed by atoms with Gasteiger partial charge in [-0.15, -0.1) is 0 Å². The fourth-order valence-corrected chi connectivity index (χ4v) is 1.65. The van der Waals surface area contributed by atoms with Crippen LogP contribution in [0.25, 0.3) is 0 Å². The van der Waals surface area contributed by atoms with Crippen molar-refractivity contribution in [3.8, 4) is 0 Å². The van der Waals surface area contributed by atoms with Crippen LogP contribution in [0.1, 0.15) is 36.8 Å². The highest BCUT2D eigenvalue weighted by atomic mass is 16.5. The third kappa shape index (κ3) is 2.83. The first-order valence-electron chi connectivity index (χ1n) is 5.48. The molecule has 1 aromatic carbocycles. The van der Waals surface area contributed by atoms with Crippen LogP contribution in [-0.4, -0.2) is 19.6 Å². The first-order chi connectivity index (χ1) is 7.60. The van der Waals surface area contributed by atoms with E-state index in [0.29, 0.717) is 5.92 Å². The molecule has 0 saturated heterocycles. The predicted octanol–water partition coefficient (Wildman–Crippen LogP) is 2.03. The number of ether oxygens (including phenoxy) is 1. The van der Waals surface area contributed by atoms with Crippen molar-refractivity contribution < 1.29 is 9.53 Å². The number of hydrogen-bond acceptors (Lipinski definition) is 3. The third-order valence-electron chi connectivity index (χ3n) is 2.70. The first-order valence-corrected chi connectivity index (χ1v) is 5.48. The van der Waals surface area contributed by atoms with Crippen molar-refractivity contribution >= 4 is 5.97 Å². The van der Waals surface area contributed by atoms with Crippen molar-refractivity contribution in [3.63, 3.8) is 0 Å². The van der Waals surface area contributed by atoms with E-state index < -0.39 is 0 Å². The summed E-state index contributed by atoms with van der Waals surface area (Å²) in [6.07, 6.45) is 0. The maximum atomic E-state index is 11.5. The summed E-state index contributed by atoms with van der Waals surface area (Å²) in [6.45, 7) is 4.51. The van der Waals surface area contributed by atoms with Crippen molar-refractivity contribution in [2.24, 2.45) is 5.73 Å². The van der Waals surface area contributed by atoms with E-state index in [0.717, 1.165) is 5.56 Å². The Balaban J connectivity index is 3.01. The SMILES string of the molecule is COC(=O)C(CN)c1cccc(C(C)C)c1. The van der Waals surface area contributed by atoms with E-state index >= 15 is 0 Å². The Bertz CT molecular complexity index is 361. The molecular weight excluding hydrogens is 202 g/mol. The molecule has 0 aliphatic carbocycles. The van der Waals surface area contributed by atoms with Gasteiger partial charge >= 0.3 is 5.97 Å². The fraction of sp³-hybridized carbons (Fsp3) is 0.462. The molecule has 1 aromatic rings. The van der Waals surface area contributed by atoms with Crippen LogP contribution in [0.5, 0.6) is 0 Å². The van der Waals surface area contributed by atoms with Gasteiger partial charge in [0.05, 0.1) is 13.0 Å². The molecule has 0 radical (unpaired) electrons. The zero-order valence-electron chi connectivity index (χ0n) is 10.1. The third-order valence-corrected chi connectivity index (χ3v) is 2.70. The van der Waals surface area contributed by atoms with Crippen LogP contribution in [0.3, 0.4) is 0 Å². The number of methoxy groups -OCH3 is 1. The minimum atomic E-state index is -0.358. The van der Waals surface area contributed by atoms with Crippen molar-refractivity contribution in [1.82, 2.24) is 0 Å². The van der Waals surface area contributed by atoms with Gasteiger partial charge in [0.25, 0.3) is 0 Å². The second-order valence-corrected chi connectivity index (χ2v) is 4.14. The largest absolute Gasteiger partial charge is 0.469 e. The van der Waals surface area contributed by atoms with Crippen molar-refractivity contribution in [2.75, 3.05) is 13.7 Å². The Kier molecular flexibility index (Phi) is 4.50. The lowest BCUT2D eigenvalue weighted by Gasteiger charge is -2.14. The van der Waals surface area contributed by atoms with Crippen LogP contribution < -0.4 is 5.73 Å². The van der Waals surface area contributed by atoms with Gasteiger partial charge in [-0.1, -0.05) is 38.1 Å². The summed E-state index contributed by atoms with van der Waals surface area (Å²) in [5.41, 5.74) is 7.75. The van der Waals surface area contributed by atoms with Crippen molar-refractivity contribution in [1.29, 1.82) is 0 Å². The molecule has 88 valence electrons. The number of carbonyl (C=O) groups excluding carboxylic acids is 1. The molecule has 0 aliphatic heterocycles. The average molecular weight is 221 g/mol. The Morgan fingerprint density at radius 2 is 2.00 bits per heavy atom. The van der Waals surface area contributed by atoms with E-state index in [-0.39, 0.29) is 18.4 Å². The van der Waals surface area contributed by atoms with E-state index in [4.69, 9.17) is 10.5 Å². The van der Waals surface area contributed by atoms with Gasteiger partial charge in [-0.3, -0.25) is 4.79 Å². The Morgan fingerprint density at radius 1 is 1.38 bits per heavy atom. The quantitative estimate of drug-likeness (QED) is 0.791. The molecule has 3 nitrogen and oxygen atoms in total. The van der Waals surface area contributed by atoms with Crippen molar-refractivity contribution in [3.05, 3.63) is 35.4 Å². The number of esters is 1. The molecule has 0 aliphatic rings. The van der Waals surface area contributed by atoms with E-state index in [1.807, 2.05) is 18.2 Å². The van der Waals surface area contributed by atoms with E-state index in [1.54, 1.807) is 0 Å². The summed E-state index contributed by atoms with van der Waals surface area (Å²) in [5, 5.41) is 0. The van der Waals surface area contributed by atoms with Crippen molar-refractivity contribution in [2.45, 2.75) is 25.7 Å². The van der Waals surface area contributed by atoms with Crippen LogP contribution in [0.15, 0.2) is 24.3 Å². The molecule has 1 atom stereocenters. The first kappa shape index (κ1) is 12.7. The maximum Gasteiger partial charge on any atom is 0.314 e. The fourth-order valence-electron chi connectivity index (χ4n) is 1.65. The molecule has 0 aromatic heterocycles. The van der Waals surface area contributed by atoms with Gasteiger partial charge in [-0.2, -0.15) is 0 Å². The number of carbonyl (C=O) groups is 1. The van der Waals surface area contributed by atoms with Gasteiger partial charge in [0.2, 0.25) is 0 Å². The summed E-state index contributed by atoms with van der Waals surface area (Å²) in [5.74, 6) is -0.192. The lowest BCUT2D eigenvalue weighted by Crippen LogP contribution is -2.22. The second kappa shape index (κ2) is 5.66. The lowest BCUT2D eigenvalue weighted by molar-refractivity contribution is -0.142. The highest BCUT2D eigenvalue weighted by Crippen LogP contribution is 2.21. The van der Waals surface area contributed by atoms with Crippen LogP contribution in [0.4, 0.5) is 0 Å². The van der Waals surface area contributed by atoms with Crippen LogP contribution in [0.2, 0.25) is 0 Å². The molecule has 0 amide bonds. The Labute approximate surface area is 96.6 Å². The Hall–Kier alpha value is -1.35. The van der Waals surface area contributed by atoms with E-state index in [2.05, 4.69) is 19.9 Å². The Morgan fingerprint density at radius 3 is 2.50 bits per heavy atom. The summed E-state index contributed by atoms with van der Waals surface area (Å²) in [6, 6.07) is 7.95. The van der Waals surface area contributed by atoms with Gasteiger partial charge in [-0.05, 0) is 17.0 Å². The van der Waals surface area contributed by atoms with Crippen LogP contribution in [-0.2, 0) is 9.53 Å². The molecule has 0 bridgehead atoms. The summed E-state index contributed by atoms with van der Waals surface area (Å²) in [7, 11) is 1.39. The maximum absolute atomic E-state index is 11.5. The van der Waals surface area contributed by atoms with Crippen LogP contribution in [0, 0.1) is 0 Å². The number of benzene rings is 1. The molecule has 16 heavy (non-hydrogen) atoms. The monoisotopic (exact) mass is 221 g/mol. The van der Waals surface area contributed by atoms with E-state index in [9.17, 15) is 4.79 Å². The molecule has 0 heterocycles. The topological polar surface area (TPSA) is 52.3 Å². The number of hydrogen-bond donors (Lipinski definition) is 1. The van der Waals surface area contributed by atoms with Crippen LogP contribution >= 0.6 is 0 Å². The zero-order chi connectivity index (χ0) is 12.1. The smallest absolute Gasteiger partial charge is 0.314 e. The zero-order valence-corrected chi connectivity index (χ0v) is 10.1. The standard InChI is InChI=1S/C13H19NO2/c1-9(2)10-5-4-6-11(7-10)12(8-14)13(15)16-3/h4-7,9,12H,8,14H2,1-3H3. The summed E-state index contributed by atoms with van der Waals surface area (Å²) in [4.78, 5) is 11.5. The number of nitrogens with two attached hydrogens (primary N) is 1. The molecule has 1 unspecified atom stereocenters. The molecule has 0 fully saturated rings. The van der Waals surface area contributed by atoms with Gasteiger partial charge in [0.15, 0.2) is 0 Å². The highest BCUT2D eigenvalue weighted by Gasteiger charge is 2.19. The predicted molar refractivity (Wildman–Crippen MR) is 64.3 cm³/mol. The van der Waals surface area contributed by atoms with Gasteiger partial charge in [0, 0.05) is 6.54 Å².